The number of para-hydroxylation sites is 2. The summed E-state index contributed by atoms with van der Waals surface area (Å²) in [5.41, 5.74) is 0. The molecule has 0 aromatic heterocycles. The summed E-state index contributed by atoms with van der Waals surface area (Å²) in [6, 6.07) is 7.08. The molecule has 2 unspecified atom stereocenters. The van der Waals surface area contributed by atoms with E-state index in [4.69, 9.17) is 9.47 Å². The third kappa shape index (κ3) is 1.94. The van der Waals surface area contributed by atoms with E-state index in [0.29, 0.717) is 11.5 Å². The zero-order valence-corrected chi connectivity index (χ0v) is 8.75. The van der Waals surface area contributed by atoms with Gasteiger partial charge in [-0.25, -0.2) is 4.79 Å². The van der Waals surface area contributed by atoms with Crippen LogP contribution in [0.25, 0.3) is 0 Å². The van der Waals surface area contributed by atoms with E-state index in [-0.39, 0.29) is 6.61 Å². The quantitative estimate of drug-likeness (QED) is 0.735. The molecule has 2 rings (SSSR count). The predicted octanol–water partition coefficient (Wildman–Crippen LogP) is 0.360. The molecule has 0 amide bonds. The summed E-state index contributed by atoms with van der Waals surface area (Å²) < 4.78 is 15.2. The third-order valence-electron chi connectivity index (χ3n) is 2.33. The van der Waals surface area contributed by atoms with Gasteiger partial charge < -0.3 is 19.3 Å². The van der Waals surface area contributed by atoms with Crippen molar-refractivity contribution in [3.05, 3.63) is 24.3 Å². The Bertz CT molecular complexity index is 390. The molecular weight excluding hydrogens is 212 g/mol. The SMILES string of the molecule is COC(=O)C(O)C1COc2ccccc2O1. The van der Waals surface area contributed by atoms with E-state index < -0.39 is 18.2 Å². The fourth-order valence-corrected chi connectivity index (χ4v) is 1.46. The Balaban J connectivity index is 2.10. The maximum absolute atomic E-state index is 11.1. The number of methoxy groups -OCH3 is 1. The average Bonchev–Trinajstić information content (AvgIpc) is 2.36. The summed E-state index contributed by atoms with van der Waals surface area (Å²) in [6.07, 6.45) is -2.07. The Morgan fingerprint density at radius 3 is 2.88 bits per heavy atom. The predicted molar refractivity (Wildman–Crippen MR) is 54.4 cm³/mol. The minimum Gasteiger partial charge on any atom is -0.486 e. The van der Waals surface area contributed by atoms with Gasteiger partial charge in [0.05, 0.1) is 7.11 Å². The molecule has 0 radical (unpaired) electrons. The maximum atomic E-state index is 11.1. The highest BCUT2D eigenvalue weighted by Crippen LogP contribution is 2.31. The molecule has 0 bridgehead atoms. The molecule has 0 spiro atoms. The molecule has 0 saturated heterocycles. The van der Waals surface area contributed by atoms with Crippen molar-refractivity contribution in [3.8, 4) is 11.5 Å². The molecule has 1 aliphatic rings. The zero-order chi connectivity index (χ0) is 11.5. The molecule has 0 fully saturated rings. The number of fused-ring (bicyclic) bond motifs is 1. The molecule has 1 aromatic rings. The van der Waals surface area contributed by atoms with Crippen LogP contribution in [0.3, 0.4) is 0 Å². The van der Waals surface area contributed by atoms with E-state index in [1.165, 1.54) is 7.11 Å². The number of benzene rings is 1. The van der Waals surface area contributed by atoms with E-state index in [2.05, 4.69) is 4.74 Å². The van der Waals surface area contributed by atoms with Gasteiger partial charge in [0.15, 0.2) is 23.7 Å². The summed E-state index contributed by atoms with van der Waals surface area (Å²) in [5, 5.41) is 9.59. The topological polar surface area (TPSA) is 65.0 Å². The van der Waals surface area contributed by atoms with Crippen molar-refractivity contribution in [1.82, 2.24) is 0 Å². The lowest BCUT2D eigenvalue weighted by atomic mass is 10.2. The number of hydrogen-bond donors (Lipinski definition) is 1. The smallest absolute Gasteiger partial charge is 0.338 e. The second-order valence-electron chi connectivity index (χ2n) is 3.38. The first kappa shape index (κ1) is 10.8. The van der Waals surface area contributed by atoms with Crippen LogP contribution >= 0.6 is 0 Å². The second-order valence-corrected chi connectivity index (χ2v) is 3.38. The van der Waals surface area contributed by atoms with Crippen LogP contribution in [0.1, 0.15) is 0 Å². The van der Waals surface area contributed by atoms with Crippen LogP contribution in [0.5, 0.6) is 11.5 Å². The summed E-state index contributed by atoms with van der Waals surface area (Å²) in [7, 11) is 1.21. The van der Waals surface area contributed by atoms with Crippen molar-refractivity contribution >= 4 is 5.97 Å². The molecule has 16 heavy (non-hydrogen) atoms. The van der Waals surface area contributed by atoms with E-state index >= 15 is 0 Å². The molecule has 1 heterocycles. The molecule has 1 aromatic carbocycles. The summed E-state index contributed by atoms with van der Waals surface area (Å²) in [6.45, 7) is 0.118. The van der Waals surface area contributed by atoms with Crippen molar-refractivity contribution < 1.29 is 24.1 Å². The Hall–Kier alpha value is -1.75. The van der Waals surface area contributed by atoms with E-state index in [9.17, 15) is 9.90 Å². The van der Waals surface area contributed by atoms with E-state index in [1.807, 2.05) is 6.07 Å². The minimum atomic E-state index is -1.33. The van der Waals surface area contributed by atoms with Gasteiger partial charge in [-0.2, -0.15) is 0 Å². The van der Waals surface area contributed by atoms with Crippen LogP contribution in [0.4, 0.5) is 0 Å². The highest BCUT2D eigenvalue weighted by molar-refractivity contribution is 5.75. The van der Waals surface area contributed by atoms with Gasteiger partial charge in [-0.3, -0.25) is 0 Å². The Morgan fingerprint density at radius 2 is 2.19 bits per heavy atom. The molecule has 5 heteroatoms. The fourth-order valence-electron chi connectivity index (χ4n) is 1.46. The Morgan fingerprint density at radius 1 is 1.50 bits per heavy atom. The number of carbonyl (C=O) groups excluding carboxylic acids is 1. The number of carbonyl (C=O) groups is 1. The molecule has 1 N–H and O–H groups in total. The van der Waals surface area contributed by atoms with Crippen LogP contribution < -0.4 is 9.47 Å². The van der Waals surface area contributed by atoms with Gasteiger partial charge in [0.1, 0.15) is 6.61 Å². The van der Waals surface area contributed by atoms with Crippen molar-refractivity contribution in [2.75, 3.05) is 13.7 Å². The normalized spacial score (nSPS) is 20.0. The second kappa shape index (κ2) is 4.40. The average molecular weight is 224 g/mol. The van der Waals surface area contributed by atoms with E-state index in [1.54, 1.807) is 18.2 Å². The molecule has 1 aliphatic heterocycles. The molecule has 5 nitrogen and oxygen atoms in total. The zero-order valence-electron chi connectivity index (χ0n) is 8.75. The molecular formula is C11H12O5. The van der Waals surface area contributed by atoms with Crippen LogP contribution in [-0.2, 0) is 9.53 Å². The van der Waals surface area contributed by atoms with Crippen LogP contribution in [-0.4, -0.2) is 37.0 Å². The largest absolute Gasteiger partial charge is 0.486 e. The molecule has 0 saturated carbocycles. The highest BCUT2D eigenvalue weighted by atomic mass is 16.6. The summed E-state index contributed by atoms with van der Waals surface area (Å²) in [5.74, 6) is 0.394. The fraction of sp³-hybridized carbons (Fsp3) is 0.364. The lowest BCUT2D eigenvalue weighted by molar-refractivity contribution is -0.157. The lowest BCUT2D eigenvalue weighted by Gasteiger charge is -2.28. The number of rotatable bonds is 2. The number of aliphatic hydroxyl groups is 1. The van der Waals surface area contributed by atoms with Gasteiger partial charge in [-0.15, -0.1) is 0 Å². The highest BCUT2D eigenvalue weighted by Gasteiger charge is 2.32. The van der Waals surface area contributed by atoms with Crippen LogP contribution in [0.2, 0.25) is 0 Å². The van der Waals surface area contributed by atoms with Gasteiger partial charge in [0.2, 0.25) is 0 Å². The first-order valence-corrected chi connectivity index (χ1v) is 4.86. The molecule has 0 aliphatic carbocycles. The van der Waals surface area contributed by atoms with Gasteiger partial charge in [-0.1, -0.05) is 12.1 Å². The maximum Gasteiger partial charge on any atom is 0.338 e. The monoisotopic (exact) mass is 224 g/mol. The van der Waals surface area contributed by atoms with E-state index in [0.717, 1.165) is 0 Å². The van der Waals surface area contributed by atoms with Gasteiger partial charge >= 0.3 is 5.97 Å². The van der Waals surface area contributed by atoms with Crippen molar-refractivity contribution in [3.63, 3.8) is 0 Å². The molecule has 86 valence electrons. The van der Waals surface area contributed by atoms with Crippen molar-refractivity contribution in [2.24, 2.45) is 0 Å². The standard InChI is InChI=1S/C11H12O5/c1-14-11(13)10(12)9-6-15-7-4-2-3-5-8(7)16-9/h2-5,9-10,12H,6H2,1H3. The first-order chi connectivity index (χ1) is 7.72. The van der Waals surface area contributed by atoms with Gasteiger partial charge in [0, 0.05) is 0 Å². The summed E-state index contributed by atoms with van der Waals surface area (Å²) in [4.78, 5) is 11.1. The number of ether oxygens (including phenoxy) is 3. The lowest BCUT2D eigenvalue weighted by Crippen LogP contribution is -2.44. The summed E-state index contributed by atoms with van der Waals surface area (Å²) >= 11 is 0. The number of aliphatic hydroxyl groups excluding tert-OH is 1. The van der Waals surface area contributed by atoms with Crippen molar-refractivity contribution in [2.45, 2.75) is 12.2 Å². The van der Waals surface area contributed by atoms with Crippen LogP contribution in [0.15, 0.2) is 24.3 Å². The number of hydrogen-bond acceptors (Lipinski definition) is 5. The van der Waals surface area contributed by atoms with Crippen LogP contribution in [0, 0.1) is 0 Å². The molecule has 2 atom stereocenters. The van der Waals surface area contributed by atoms with Gasteiger partial charge in [-0.05, 0) is 12.1 Å². The first-order valence-electron chi connectivity index (χ1n) is 4.86. The van der Waals surface area contributed by atoms with Crippen molar-refractivity contribution in [1.29, 1.82) is 0 Å². The Kier molecular flexibility index (Phi) is 2.96. The van der Waals surface area contributed by atoms with Gasteiger partial charge in [0.25, 0.3) is 0 Å². The minimum absolute atomic E-state index is 0.118. The number of esters is 1. The Labute approximate surface area is 92.5 Å². The third-order valence-corrected chi connectivity index (χ3v) is 2.33.